The molecule has 138 valence electrons. The maximum Gasteiger partial charge on any atom is 0.416 e. The second-order valence-corrected chi connectivity index (χ2v) is 6.59. The Bertz CT molecular complexity index is 808. The summed E-state index contributed by atoms with van der Waals surface area (Å²) in [5, 5.41) is 6.37. The van der Waals surface area contributed by atoms with Crippen molar-refractivity contribution in [1.29, 1.82) is 0 Å². The smallest absolute Gasteiger partial charge is 0.416 e. The van der Waals surface area contributed by atoms with Gasteiger partial charge in [0.25, 0.3) is 0 Å². The number of fused-ring (bicyclic) bond motifs is 1. The van der Waals surface area contributed by atoms with Crippen molar-refractivity contribution in [2.45, 2.75) is 31.5 Å². The summed E-state index contributed by atoms with van der Waals surface area (Å²) in [6, 6.07) is 11.0. The molecule has 0 aromatic heterocycles. The van der Waals surface area contributed by atoms with E-state index in [1.54, 1.807) is 13.2 Å². The summed E-state index contributed by atoms with van der Waals surface area (Å²) in [5.41, 5.74) is 1.95. The normalized spacial score (nSPS) is 16.5. The van der Waals surface area contributed by atoms with Gasteiger partial charge in [0.2, 0.25) is 0 Å². The first-order chi connectivity index (χ1) is 12.4. The molecule has 7 heteroatoms. The van der Waals surface area contributed by atoms with E-state index in [-0.39, 0.29) is 6.04 Å². The quantitative estimate of drug-likeness (QED) is 0.728. The molecule has 0 amide bonds. The monoisotopic (exact) mass is 380 g/mol. The van der Waals surface area contributed by atoms with Crippen LogP contribution < -0.4 is 15.4 Å². The van der Waals surface area contributed by atoms with Crippen molar-refractivity contribution in [3.05, 3.63) is 59.2 Å². The summed E-state index contributed by atoms with van der Waals surface area (Å²) in [5.74, 6) is 0.814. The third-order valence-corrected chi connectivity index (χ3v) is 4.64. The van der Waals surface area contributed by atoms with Crippen LogP contribution in [0.15, 0.2) is 42.5 Å². The maximum atomic E-state index is 12.8. The van der Waals surface area contributed by atoms with E-state index in [9.17, 15) is 13.2 Å². The number of ether oxygens (including phenoxy) is 1. The molecule has 3 rings (SSSR count). The molecule has 2 aromatic carbocycles. The summed E-state index contributed by atoms with van der Waals surface area (Å²) in [7, 11) is 1.63. The molecule has 0 fully saturated rings. The number of halogens is 3. The molecule has 1 aliphatic rings. The Morgan fingerprint density at radius 3 is 2.73 bits per heavy atom. The largest absolute Gasteiger partial charge is 0.497 e. The van der Waals surface area contributed by atoms with Gasteiger partial charge in [-0.1, -0.05) is 12.1 Å². The molecule has 0 saturated heterocycles. The van der Waals surface area contributed by atoms with Gasteiger partial charge in [-0.15, -0.1) is 0 Å². The van der Waals surface area contributed by atoms with Gasteiger partial charge in [-0.05, 0) is 72.9 Å². The topological polar surface area (TPSA) is 33.3 Å². The summed E-state index contributed by atoms with van der Waals surface area (Å²) in [4.78, 5) is 0. The zero-order chi connectivity index (χ0) is 18.7. The maximum absolute atomic E-state index is 12.8. The Balaban J connectivity index is 1.70. The standard InChI is InChI=1S/C19H19F3N2OS/c1-25-15-8-9-16-12(10-15)4-2-7-17(16)24-18(26)23-14-6-3-5-13(11-14)19(20,21)22/h3,5-6,8-11,17H,2,4,7H2,1H3,(H2,23,24,26). The Labute approximate surface area is 155 Å². The second-order valence-electron chi connectivity index (χ2n) is 6.19. The molecule has 2 N–H and O–H groups in total. The molecule has 3 nitrogen and oxygen atoms in total. The van der Waals surface area contributed by atoms with Gasteiger partial charge in [0.1, 0.15) is 5.75 Å². The molecule has 26 heavy (non-hydrogen) atoms. The van der Waals surface area contributed by atoms with E-state index in [1.165, 1.54) is 11.6 Å². The average molecular weight is 380 g/mol. The lowest BCUT2D eigenvalue weighted by atomic mass is 9.87. The Hall–Kier alpha value is -2.28. The highest BCUT2D eigenvalue weighted by Gasteiger charge is 2.30. The Morgan fingerprint density at radius 2 is 2.00 bits per heavy atom. The van der Waals surface area contributed by atoms with E-state index < -0.39 is 11.7 Å². The summed E-state index contributed by atoms with van der Waals surface area (Å²) in [6.07, 6.45) is -1.50. The van der Waals surface area contributed by atoms with Crippen molar-refractivity contribution < 1.29 is 17.9 Å². The van der Waals surface area contributed by atoms with Crippen LogP contribution >= 0.6 is 12.2 Å². The number of methoxy groups -OCH3 is 1. The van der Waals surface area contributed by atoms with Crippen LogP contribution in [0.4, 0.5) is 18.9 Å². The number of nitrogens with one attached hydrogen (secondary N) is 2. The van der Waals surface area contributed by atoms with E-state index in [0.717, 1.165) is 42.7 Å². The van der Waals surface area contributed by atoms with Gasteiger partial charge < -0.3 is 15.4 Å². The first-order valence-corrected chi connectivity index (χ1v) is 8.69. The van der Waals surface area contributed by atoms with Crippen LogP contribution in [0.5, 0.6) is 5.75 Å². The molecule has 0 radical (unpaired) electrons. The Kier molecular flexibility index (Phi) is 5.36. The average Bonchev–Trinajstić information content (AvgIpc) is 2.61. The molecular formula is C19H19F3N2OS. The lowest BCUT2D eigenvalue weighted by Crippen LogP contribution is -2.34. The molecule has 2 aromatic rings. The minimum Gasteiger partial charge on any atom is -0.497 e. The minimum atomic E-state index is -4.38. The fourth-order valence-electron chi connectivity index (χ4n) is 3.17. The number of hydrogen-bond acceptors (Lipinski definition) is 2. The van der Waals surface area contributed by atoms with Crippen molar-refractivity contribution in [3.63, 3.8) is 0 Å². The SMILES string of the molecule is COc1ccc2c(c1)CCCC2NC(=S)Nc1cccc(C(F)(F)F)c1. The number of hydrogen-bond donors (Lipinski definition) is 2. The molecule has 1 atom stereocenters. The van der Waals surface area contributed by atoms with Gasteiger partial charge >= 0.3 is 6.18 Å². The van der Waals surface area contributed by atoms with Crippen LogP contribution in [0.25, 0.3) is 0 Å². The highest BCUT2D eigenvalue weighted by atomic mass is 32.1. The third-order valence-electron chi connectivity index (χ3n) is 4.42. The number of benzene rings is 2. The predicted octanol–water partition coefficient (Wildman–Crippen LogP) is 5.08. The van der Waals surface area contributed by atoms with E-state index in [0.29, 0.717) is 10.8 Å². The van der Waals surface area contributed by atoms with Gasteiger partial charge in [-0.3, -0.25) is 0 Å². The highest BCUT2D eigenvalue weighted by Crippen LogP contribution is 2.33. The van der Waals surface area contributed by atoms with Crippen LogP contribution in [-0.2, 0) is 12.6 Å². The summed E-state index contributed by atoms with van der Waals surface area (Å²) >= 11 is 5.30. The molecule has 0 saturated carbocycles. The van der Waals surface area contributed by atoms with Crippen LogP contribution in [-0.4, -0.2) is 12.2 Å². The number of thiocarbonyl (C=S) groups is 1. The van der Waals surface area contributed by atoms with Gasteiger partial charge in [-0.25, -0.2) is 0 Å². The fourth-order valence-corrected chi connectivity index (χ4v) is 3.43. The van der Waals surface area contributed by atoms with Gasteiger partial charge in [0, 0.05) is 5.69 Å². The van der Waals surface area contributed by atoms with E-state index in [1.807, 2.05) is 18.2 Å². The number of rotatable bonds is 3. The summed E-state index contributed by atoms with van der Waals surface area (Å²) < 4.78 is 43.7. The van der Waals surface area contributed by atoms with Gasteiger partial charge in [-0.2, -0.15) is 13.2 Å². The second kappa shape index (κ2) is 7.53. The molecule has 1 aliphatic carbocycles. The minimum absolute atomic E-state index is 0.0236. The molecule has 1 unspecified atom stereocenters. The zero-order valence-corrected chi connectivity index (χ0v) is 15.0. The summed E-state index contributed by atoms with van der Waals surface area (Å²) in [6.45, 7) is 0. The third kappa shape index (κ3) is 4.27. The van der Waals surface area contributed by atoms with Crippen molar-refractivity contribution in [2.24, 2.45) is 0 Å². The number of aryl methyl sites for hydroxylation is 1. The molecular weight excluding hydrogens is 361 g/mol. The van der Waals surface area contributed by atoms with Gasteiger partial charge in [0.05, 0.1) is 18.7 Å². The predicted molar refractivity (Wildman–Crippen MR) is 99.5 cm³/mol. The molecule has 0 bridgehead atoms. The molecule has 0 spiro atoms. The first-order valence-electron chi connectivity index (χ1n) is 8.28. The Morgan fingerprint density at radius 1 is 1.19 bits per heavy atom. The van der Waals surface area contributed by atoms with Crippen LogP contribution in [0.3, 0.4) is 0 Å². The molecule has 0 heterocycles. The van der Waals surface area contributed by atoms with Crippen molar-refractivity contribution in [2.75, 3.05) is 12.4 Å². The van der Waals surface area contributed by atoms with Crippen LogP contribution in [0, 0.1) is 0 Å². The molecule has 0 aliphatic heterocycles. The van der Waals surface area contributed by atoms with Crippen molar-refractivity contribution in [3.8, 4) is 5.75 Å². The van der Waals surface area contributed by atoms with E-state index in [2.05, 4.69) is 10.6 Å². The van der Waals surface area contributed by atoms with E-state index >= 15 is 0 Å². The first kappa shape index (κ1) is 18.5. The number of anilines is 1. The van der Waals surface area contributed by atoms with E-state index in [4.69, 9.17) is 17.0 Å². The lowest BCUT2D eigenvalue weighted by Gasteiger charge is -2.28. The van der Waals surface area contributed by atoms with Crippen LogP contribution in [0.1, 0.15) is 35.6 Å². The van der Waals surface area contributed by atoms with Crippen molar-refractivity contribution >= 4 is 23.0 Å². The fraction of sp³-hybridized carbons (Fsp3) is 0.316. The van der Waals surface area contributed by atoms with Crippen LogP contribution in [0.2, 0.25) is 0 Å². The number of alkyl halides is 3. The lowest BCUT2D eigenvalue weighted by molar-refractivity contribution is -0.137. The van der Waals surface area contributed by atoms with Crippen molar-refractivity contribution in [1.82, 2.24) is 5.32 Å². The van der Waals surface area contributed by atoms with Gasteiger partial charge in [0.15, 0.2) is 5.11 Å². The zero-order valence-electron chi connectivity index (χ0n) is 14.2. The highest BCUT2D eigenvalue weighted by molar-refractivity contribution is 7.80.